The highest BCUT2D eigenvalue weighted by Gasteiger charge is 2.18. The van der Waals surface area contributed by atoms with Gasteiger partial charge in [0, 0.05) is 18.0 Å². The Balaban J connectivity index is 1.22. The molecule has 1 amide bonds. The molecule has 0 spiro atoms. The third-order valence-corrected chi connectivity index (χ3v) is 7.19. The van der Waals surface area contributed by atoms with E-state index in [0.29, 0.717) is 12.3 Å². The number of amides is 1. The van der Waals surface area contributed by atoms with Crippen LogP contribution in [0.4, 0.5) is 5.13 Å². The first kappa shape index (κ1) is 20.0. The van der Waals surface area contributed by atoms with Crippen molar-refractivity contribution in [1.82, 2.24) is 15.5 Å². The van der Waals surface area contributed by atoms with Crippen molar-refractivity contribution in [3.8, 4) is 11.5 Å². The molecule has 1 aliphatic rings. The molecule has 29 heavy (non-hydrogen) atoms. The van der Waals surface area contributed by atoms with E-state index in [9.17, 15) is 4.79 Å². The van der Waals surface area contributed by atoms with Gasteiger partial charge in [-0.3, -0.25) is 4.79 Å². The highest BCUT2D eigenvalue weighted by molar-refractivity contribution is 8.02. The minimum absolute atomic E-state index is 0.0462. The van der Waals surface area contributed by atoms with Crippen molar-refractivity contribution in [1.29, 1.82) is 0 Å². The molecule has 0 radical (unpaired) electrons. The van der Waals surface area contributed by atoms with Gasteiger partial charge < -0.3 is 20.1 Å². The van der Waals surface area contributed by atoms with E-state index in [1.807, 2.05) is 25.1 Å². The van der Waals surface area contributed by atoms with Crippen LogP contribution < -0.4 is 20.1 Å². The maximum Gasteiger partial charge on any atom is 0.233 e. The summed E-state index contributed by atoms with van der Waals surface area (Å²) in [5.41, 5.74) is 0.966. The Bertz CT molecular complexity index is 962. The van der Waals surface area contributed by atoms with E-state index in [-0.39, 0.29) is 18.0 Å². The zero-order valence-electron chi connectivity index (χ0n) is 15.7. The molecule has 0 fully saturated rings. The van der Waals surface area contributed by atoms with Crippen LogP contribution >= 0.6 is 34.4 Å². The molecule has 7 nitrogen and oxygen atoms in total. The number of thioether (sulfide) groups is 1. The standard InChI is InChI=1S/C19H20N4O3S3/c1-12(17(24)21-10-13-4-5-15-16(9-13)26-11-25-15)28-19-23-22-18(29-19)20-7-6-14-3-2-8-27-14/h2-5,8-9,12H,6-7,10-11H2,1H3,(H,20,22)(H,21,24). The molecule has 0 aliphatic carbocycles. The Morgan fingerprint density at radius 3 is 3.03 bits per heavy atom. The second-order valence-electron chi connectivity index (χ2n) is 6.29. The highest BCUT2D eigenvalue weighted by Crippen LogP contribution is 2.32. The number of anilines is 1. The van der Waals surface area contributed by atoms with E-state index >= 15 is 0 Å². The molecule has 1 atom stereocenters. The first-order valence-electron chi connectivity index (χ1n) is 9.10. The van der Waals surface area contributed by atoms with Gasteiger partial charge in [0.25, 0.3) is 0 Å². The zero-order chi connectivity index (χ0) is 20.1. The molecule has 4 rings (SSSR count). The summed E-state index contributed by atoms with van der Waals surface area (Å²) in [5, 5.41) is 17.2. The van der Waals surface area contributed by atoms with Gasteiger partial charge in [0.1, 0.15) is 0 Å². The predicted octanol–water partition coefficient (Wildman–Crippen LogP) is 3.78. The van der Waals surface area contributed by atoms with E-state index < -0.39 is 0 Å². The van der Waals surface area contributed by atoms with Crippen LogP contribution in [0.5, 0.6) is 11.5 Å². The van der Waals surface area contributed by atoms with Gasteiger partial charge in [0.05, 0.1) is 5.25 Å². The molecule has 0 saturated heterocycles. The first-order chi connectivity index (χ1) is 14.2. The van der Waals surface area contributed by atoms with Gasteiger partial charge in [-0.2, -0.15) is 0 Å². The van der Waals surface area contributed by atoms with Crippen molar-refractivity contribution in [2.24, 2.45) is 0 Å². The number of carbonyl (C=O) groups excluding carboxylic acids is 1. The Labute approximate surface area is 180 Å². The normalized spacial score (nSPS) is 13.3. The van der Waals surface area contributed by atoms with Crippen LogP contribution in [0.2, 0.25) is 0 Å². The molecular weight excluding hydrogens is 428 g/mol. The fourth-order valence-electron chi connectivity index (χ4n) is 2.66. The Kier molecular flexibility index (Phi) is 6.53. The third-order valence-electron chi connectivity index (χ3n) is 4.18. The fourth-order valence-corrected chi connectivity index (χ4v) is 5.32. The van der Waals surface area contributed by atoms with E-state index in [4.69, 9.17) is 9.47 Å². The fraction of sp³-hybridized carbons (Fsp3) is 0.316. The third kappa shape index (κ3) is 5.40. The summed E-state index contributed by atoms with van der Waals surface area (Å²) in [6, 6.07) is 9.84. The molecule has 0 saturated carbocycles. The number of nitrogens with zero attached hydrogens (tertiary/aromatic N) is 2. The van der Waals surface area contributed by atoms with Gasteiger partial charge >= 0.3 is 0 Å². The second-order valence-corrected chi connectivity index (χ2v) is 9.89. The lowest BCUT2D eigenvalue weighted by molar-refractivity contribution is -0.120. The second kappa shape index (κ2) is 9.47. The number of nitrogens with one attached hydrogen (secondary N) is 2. The molecule has 152 valence electrons. The monoisotopic (exact) mass is 448 g/mol. The summed E-state index contributed by atoms with van der Waals surface area (Å²) in [6.45, 7) is 3.36. The number of benzene rings is 1. The number of fused-ring (bicyclic) bond motifs is 1. The average Bonchev–Trinajstić information content (AvgIpc) is 3.48. The summed E-state index contributed by atoms with van der Waals surface area (Å²) in [6.07, 6.45) is 0.957. The largest absolute Gasteiger partial charge is 0.454 e. The molecule has 1 aromatic carbocycles. The van der Waals surface area contributed by atoms with Gasteiger partial charge in [0.2, 0.25) is 17.8 Å². The van der Waals surface area contributed by atoms with Crippen molar-refractivity contribution in [3.05, 3.63) is 46.2 Å². The van der Waals surface area contributed by atoms with Crippen LogP contribution in [0.15, 0.2) is 40.1 Å². The molecule has 2 aromatic heterocycles. The zero-order valence-corrected chi connectivity index (χ0v) is 18.2. The molecule has 0 bridgehead atoms. The quantitative estimate of drug-likeness (QED) is 0.482. The Morgan fingerprint density at radius 1 is 1.28 bits per heavy atom. The van der Waals surface area contributed by atoms with Gasteiger partial charge in [-0.15, -0.1) is 21.5 Å². The van der Waals surface area contributed by atoms with Crippen molar-refractivity contribution in [3.63, 3.8) is 0 Å². The number of aromatic nitrogens is 2. The van der Waals surface area contributed by atoms with Gasteiger partial charge in [-0.1, -0.05) is 35.2 Å². The number of hydrogen-bond acceptors (Lipinski definition) is 9. The first-order valence-corrected chi connectivity index (χ1v) is 11.7. The SMILES string of the molecule is CC(Sc1nnc(NCCc2cccs2)s1)C(=O)NCc1ccc2c(c1)OCO2. The number of thiophene rings is 1. The maximum absolute atomic E-state index is 12.4. The highest BCUT2D eigenvalue weighted by atomic mass is 32.2. The minimum atomic E-state index is -0.268. The lowest BCUT2D eigenvalue weighted by Crippen LogP contribution is -2.30. The number of carbonyl (C=O) groups is 1. The number of hydrogen-bond donors (Lipinski definition) is 2. The van der Waals surface area contributed by atoms with Crippen molar-refractivity contribution in [2.45, 2.75) is 29.5 Å². The number of ether oxygens (including phenoxy) is 2. The topological polar surface area (TPSA) is 85.4 Å². The average molecular weight is 449 g/mol. The molecule has 2 N–H and O–H groups in total. The van der Waals surface area contributed by atoms with Crippen molar-refractivity contribution < 1.29 is 14.3 Å². The van der Waals surface area contributed by atoms with Crippen LogP contribution in [0.25, 0.3) is 0 Å². The van der Waals surface area contributed by atoms with Crippen LogP contribution in [-0.4, -0.2) is 34.7 Å². The van der Waals surface area contributed by atoms with Crippen LogP contribution in [-0.2, 0) is 17.8 Å². The lowest BCUT2D eigenvalue weighted by atomic mass is 10.2. The summed E-state index contributed by atoms with van der Waals surface area (Å²) >= 11 is 4.62. The van der Waals surface area contributed by atoms with E-state index in [1.54, 1.807) is 11.3 Å². The summed E-state index contributed by atoms with van der Waals surface area (Å²) in [5.74, 6) is 1.40. The van der Waals surface area contributed by atoms with E-state index in [1.165, 1.54) is 28.0 Å². The molecule has 3 heterocycles. The Morgan fingerprint density at radius 2 is 2.17 bits per heavy atom. The molecule has 1 unspecified atom stereocenters. The smallest absolute Gasteiger partial charge is 0.233 e. The maximum atomic E-state index is 12.4. The Hall–Kier alpha value is -2.30. The van der Waals surface area contributed by atoms with Gasteiger partial charge in [-0.05, 0) is 42.5 Å². The van der Waals surface area contributed by atoms with Crippen molar-refractivity contribution in [2.75, 3.05) is 18.7 Å². The lowest BCUT2D eigenvalue weighted by Gasteiger charge is -2.10. The van der Waals surface area contributed by atoms with E-state index in [0.717, 1.165) is 33.7 Å². The predicted molar refractivity (Wildman–Crippen MR) is 116 cm³/mol. The summed E-state index contributed by atoms with van der Waals surface area (Å²) in [7, 11) is 0. The van der Waals surface area contributed by atoms with Crippen LogP contribution in [0.3, 0.4) is 0 Å². The van der Waals surface area contributed by atoms with Gasteiger partial charge in [-0.25, -0.2) is 0 Å². The van der Waals surface area contributed by atoms with Crippen LogP contribution in [0.1, 0.15) is 17.4 Å². The van der Waals surface area contributed by atoms with Crippen molar-refractivity contribution >= 4 is 45.5 Å². The summed E-state index contributed by atoms with van der Waals surface area (Å²) in [4.78, 5) is 13.8. The molecule has 3 aromatic rings. The minimum Gasteiger partial charge on any atom is -0.454 e. The molecular formula is C19H20N4O3S3. The molecule has 10 heteroatoms. The summed E-state index contributed by atoms with van der Waals surface area (Å²) < 4.78 is 11.4. The van der Waals surface area contributed by atoms with Gasteiger partial charge in [0.15, 0.2) is 15.8 Å². The van der Waals surface area contributed by atoms with Crippen LogP contribution in [0, 0.1) is 0 Å². The van der Waals surface area contributed by atoms with E-state index in [2.05, 4.69) is 38.3 Å². The molecule has 1 aliphatic heterocycles. The number of rotatable bonds is 9.